The summed E-state index contributed by atoms with van der Waals surface area (Å²) < 4.78 is 6.05. The highest BCUT2D eigenvalue weighted by Crippen LogP contribution is 2.28. The summed E-state index contributed by atoms with van der Waals surface area (Å²) in [6.45, 7) is 10.6. The lowest BCUT2D eigenvalue weighted by molar-refractivity contribution is 0.452. The molecule has 0 atom stereocenters. The van der Waals surface area contributed by atoms with Crippen LogP contribution in [0.2, 0.25) is 0 Å². The summed E-state index contributed by atoms with van der Waals surface area (Å²) >= 11 is 1.64. The second-order valence-corrected chi connectivity index (χ2v) is 8.14. The van der Waals surface area contributed by atoms with E-state index in [2.05, 4.69) is 69.9 Å². The molecule has 0 bridgehead atoms. The van der Waals surface area contributed by atoms with Crippen LogP contribution in [0, 0.1) is 20.8 Å². The monoisotopic (exact) mass is 378 g/mol. The second kappa shape index (κ2) is 8.57. The summed E-state index contributed by atoms with van der Waals surface area (Å²) in [5, 5.41) is 0.751. The van der Waals surface area contributed by atoms with E-state index in [1.807, 2.05) is 18.2 Å². The number of nitrogens with zero attached hydrogens (tertiary/aromatic N) is 2. The highest BCUT2D eigenvalue weighted by molar-refractivity contribution is 7.98. The summed E-state index contributed by atoms with van der Waals surface area (Å²) in [4.78, 5) is 9.35. The molecule has 0 aliphatic rings. The normalized spacial score (nSPS) is 11.0. The van der Waals surface area contributed by atoms with Crippen molar-refractivity contribution in [1.29, 1.82) is 0 Å². The summed E-state index contributed by atoms with van der Waals surface area (Å²) in [6.07, 6.45) is 0. The van der Waals surface area contributed by atoms with Crippen LogP contribution in [0.5, 0.6) is 11.6 Å². The zero-order valence-corrected chi connectivity index (χ0v) is 17.4. The number of rotatable bonds is 6. The third kappa shape index (κ3) is 5.33. The Morgan fingerprint density at radius 2 is 1.74 bits per heavy atom. The molecular weight excluding hydrogens is 352 g/mol. The maximum absolute atomic E-state index is 6.05. The van der Waals surface area contributed by atoms with Gasteiger partial charge in [-0.25, -0.2) is 4.98 Å². The summed E-state index contributed by atoms with van der Waals surface area (Å²) in [6, 6.07) is 16.6. The van der Waals surface area contributed by atoms with Crippen molar-refractivity contribution < 1.29 is 4.74 Å². The third-order valence-electron chi connectivity index (χ3n) is 4.44. The van der Waals surface area contributed by atoms with E-state index >= 15 is 0 Å². The first-order chi connectivity index (χ1) is 12.9. The van der Waals surface area contributed by atoms with Crippen LogP contribution in [0.1, 0.15) is 47.7 Å². The lowest BCUT2D eigenvalue weighted by atomic mass is 10.1. The topological polar surface area (TPSA) is 35.0 Å². The molecule has 27 heavy (non-hydrogen) atoms. The van der Waals surface area contributed by atoms with Crippen LogP contribution < -0.4 is 4.74 Å². The largest absolute Gasteiger partial charge is 0.439 e. The van der Waals surface area contributed by atoms with Crippen LogP contribution >= 0.6 is 11.8 Å². The molecule has 0 aliphatic heterocycles. The van der Waals surface area contributed by atoms with Crippen molar-refractivity contribution in [2.45, 2.75) is 51.4 Å². The standard InChI is InChI=1S/C23H26N2OS/c1-15(2)21-13-22(26-20-10-9-17(4)18(5)12-20)25-23(24-21)27-14-19-8-6-7-16(3)11-19/h6-13,15H,14H2,1-5H3. The van der Waals surface area contributed by atoms with Crippen molar-refractivity contribution in [3.63, 3.8) is 0 Å². The molecule has 0 spiro atoms. The van der Waals surface area contributed by atoms with E-state index in [1.165, 1.54) is 22.3 Å². The van der Waals surface area contributed by atoms with E-state index < -0.39 is 0 Å². The first-order valence-corrected chi connectivity index (χ1v) is 10.2. The average Bonchev–Trinajstić information content (AvgIpc) is 2.63. The van der Waals surface area contributed by atoms with Crippen molar-refractivity contribution in [3.05, 3.63) is 76.5 Å². The number of benzene rings is 2. The highest BCUT2D eigenvalue weighted by atomic mass is 32.2. The van der Waals surface area contributed by atoms with Crippen molar-refractivity contribution in [2.24, 2.45) is 0 Å². The molecule has 3 aromatic rings. The molecular formula is C23H26N2OS. The fourth-order valence-electron chi connectivity index (χ4n) is 2.68. The summed E-state index contributed by atoms with van der Waals surface area (Å²) in [7, 11) is 0. The van der Waals surface area contributed by atoms with Crippen molar-refractivity contribution >= 4 is 11.8 Å². The number of aryl methyl sites for hydroxylation is 3. The number of thioether (sulfide) groups is 1. The molecule has 1 heterocycles. The molecule has 0 radical (unpaired) electrons. The van der Waals surface area contributed by atoms with Gasteiger partial charge in [-0.3, -0.25) is 0 Å². The van der Waals surface area contributed by atoms with Gasteiger partial charge in [-0.2, -0.15) is 4.98 Å². The number of aromatic nitrogens is 2. The number of hydrogen-bond acceptors (Lipinski definition) is 4. The third-order valence-corrected chi connectivity index (χ3v) is 5.36. The van der Waals surface area contributed by atoms with Gasteiger partial charge in [0.1, 0.15) is 5.75 Å². The second-order valence-electron chi connectivity index (χ2n) is 7.19. The Balaban J connectivity index is 1.82. The molecule has 1 aromatic heterocycles. The number of hydrogen-bond donors (Lipinski definition) is 0. The summed E-state index contributed by atoms with van der Waals surface area (Å²) in [5.41, 5.74) is 6.00. The number of ether oxygens (including phenoxy) is 1. The van der Waals surface area contributed by atoms with Crippen LogP contribution in [0.25, 0.3) is 0 Å². The van der Waals surface area contributed by atoms with Gasteiger partial charge < -0.3 is 4.74 Å². The molecule has 0 unspecified atom stereocenters. The van der Waals surface area contributed by atoms with Crippen LogP contribution in [0.15, 0.2) is 53.7 Å². The predicted octanol–water partition coefficient (Wildman–Crippen LogP) is 6.61. The van der Waals surface area contributed by atoms with Gasteiger partial charge in [0, 0.05) is 11.8 Å². The summed E-state index contributed by atoms with van der Waals surface area (Å²) in [5.74, 6) is 2.56. The Hall–Kier alpha value is -2.33. The van der Waals surface area contributed by atoms with Gasteiger partial charge in [0.25, 0.3) is 0 Å². The predicted molar refractivity (Wildman–Crippen MR) is 113 cm³/mol. The van der Waals surface area contributed by atoms with Crippen molar-refractivity contribution in [3.8, 4) is 11.6 Å². The van der Waals surface area contributed by atoms with Gasteiger partial charge in [-0.1, -0.05) is 61.5 Å². The van der Waals surface area contributed by atoms with Crippen LogP contribution in [-0.4, -0.2) is 9.97 Å². The van der Waals surface area contributed by atoms with Crippen LogP contribution in [0.3, 0.4) is 0 Å². The van der Waals surface area contributed by atoms with Gasteiger partial charge in [0.05, 0.1) is 5.69 Å². The maximum atomic E-state index is 6.05. The Kier molecular flexibility index (Phi) is 6.17. The zero-order valence-electron chi connectivity index (χ0n) is 16.6. The molecule has 0 amide bonds. The first-order valence-electron chi connectivity index (χ1n) is 9.23. The Morgan fingerprint density at radius 1 is 0.926 bits per heavy atom. The van der Waals surface area contributed by atoms with E-state index in [-0.39, 0.29) is 0 Å². The lowest BCUT2D eigenvalue weighted by Gasteiger charge is -2.12. The zero-order chi connectivity index (χ0) is 19.4. The molecule has 0 fully saturated rings. The van der Waals surface area contributed by atoms with E-state index in [0.717, 1.165) is 22.4 Å². The van der Waals surface area contributed by atoms with Crippen LogP contribution in [-0.2, 0) is 5.75 Å². The quantitative estimate of drug-likeness (QED) is 0.357. The van der Waals surface area contributed by atoms with Gasteiger partial charge in [-0.15, -0.1) is 0 Å². The smallest absolute Gasteiger partial charge is 0.223 e. The minimum atomic E-state index is 0.313. The molecule has 3 rings (SSSR count). The molecule has 140 valence electrons. The maximum Gasteiger partial charge on any atom is 0.223 e. The van der Waals surface area contributed by atoms with Crippen molar-refractivity contribution in [1.82, 2.24) is 9.97 Å². The molecule has 0 aliphatic carbocycles. The molecule has 0 N–H and O–H groups in total. The van der Waals surface area contributed by atoms with Gasteiger partial charge >= 0.3 is 0 Å². The van der Waals surface area contributed by atoms with Gasteiger partial charge in [0.15, 0.2) is 5.16 Å². The molecule has 2 aromatic carbocycles. The van der Waals surface area contributed by atoms with E-state index in [4.69, 9.17) is 9.72 Å². The Bertz CT molecular complexity index is 937. The average molecular weight is 379 g/mol. The van der Waals surface area contributed by atoms with E-state index in [0.29, 0.717) is 11.8 Å². The minimum absolute atomic E-state index is 0.313. The van der Waals surface area contributed by atoms with Gasteiger partial charge in [0.2, 0.25) is 5.88 Å². The molecule has 4 heteroatoms. The highest BCUT2D eigenvalue weighted by Gasteiger charge is 2.11. The van der Waals surface area contributed by atoms with E-state index in [9.17, 15) is 0 Å². The Morgan fingerprint density at radius 3 is 2.44 bits per heavy atom. The minimum Gasteiger partial charge on any atom is -0.439 e. The van der Waals surface area contributed by atoms with E-state index in [1.54, 1.807) is 11.8 Å². The van der Waals surface area contributed by atoms with Crippen molar-refractivity contribution in [2.75, 3.05) is 0 Å². The molecule has 3 nitrogen and oxygen atoms in total. The SMILES string of the molecule is Cc1cccc(CSc2nc(Oc3ccc(C)c(C)c3)cc(C(C)C)n2)c1. The molecule has 0 saturated heterocycles. The lowest BCUT2D eigenvalue weighted by Crippen LogP contribution is -2.00. The fraction of sp³-hybridized carbons (Fsp3) is 0.304. The van der Waals surface area contributed by atoms with Gasteiger partial charge in [-0.05, 0) is 55.5 Å². The fourth-order valence-corrected chi connectivity index (χ4v) is 3.48. The molecule has 0 saturated carbocycles. The Labute approximate surface area is 166 Å². The van der Waals surface area contributed by atoms with Crippen LogP contribution in [0.4, 0.5) is 0 Å². The first kappa shape index (κ1) is 19.4.